The third-order valence-electron chi connectivity index (χ3n) is 1.66. The van der Waals surface area contributed by atoms with Crippen LogP contribution in [-0.2, 0) is 0 Å². The smallest absolute Gasteiger partial charge is 0.445 e. The molecule has 90 valence electrons. The summed E-state index contributed by atoms with van der Waals surface area (Å²) in [6, 6.07) is 2.94. The van der Waals surface area contributed by atoms with Crippen molar-refractivity contribution in [2.75, 3.05) is 6.67 Å². The molecule has 0 heterocycles. The first-order chi connectivity index (χ1) is 7.24. The molecule has 0 aliphatic carbocycles. The quantitative estimate of drug-likeness (QED) is 0.543. The Morgan fingerprint density at radius 2 is 1.76 bits per heavy atom. The van der Waals surface area contributed by atoms with Crippen molar-refractivity contribution in [3.63, 3.8) is 0 Å². The number of ether oxygens (including phenoxy) is 1. The van der Waals surface area contributed by atoms with Gasteiger partial charge in [-0.15, -0.1) is 5.46 Å². The molecule has 0 saturated carbocycles. The van der Waals surface area contributed by atoms with Crippen LogP contribution in [0.25, 0.3) is 0 Å². The number of alkyl halides is 3. The van der Waals surface area contributed by atoms with Crippen LogP contribution < -0.4 is 61.6 Å². The average Bonchev–Trinajstić information content (AvgIpc) is 2.16. The van der Waals surface area contributed by atoms with E-state index in [1.54, 1.807) is 0 Å². The second-order valence-corrected chi connectivity index (χ2v) is 3.02. The first-order valence-electron chi connectivity index (χ1n) is 4.17. The molecule has 0 aliphatic heterocycles. The van der Waals surface area contributed by atoms with Gasteiger partial charge in [-0.3, -0.25) is 0 Å². The van der Waals surface area contributed by atoms with Crippen LogP contribution in [-0.4, -0.2) is 19.8 Å². The summed E-state index contributed by atoms with van der Waals surface area (Å²) < 4.78 is 77.0. The van der Waals surface area contributed by atoms with Gasteiger partial charge in [0.2, 0.25) is 0 Å². The van der Waals surface area contributed by atoms with Crippen LogP contribution in [0.15, 0.2) is 24.3 Å². The second-order valence-electron chi connectivity index (χ2n) is 3.02. The predicted molar refractivity (Wildman–Crippen MR) is 46.7 cm³/mol. The van der Waals surface area contributed by atoms with E-state index in [9.17, 15) is 26.1 Å². The molecule has 0 aromatic heterocycles. The zero-order valence-electron chi connectivity index (χ0n) is 8.77. The maximum absolute atomic E-state index is 12.4. The molecule has 0 amide bonds. The molecule has 0 atom stereocenters. The molecule has 9 heteroatoms. The van der Waals surface area contributed by atoms with Crippen molar-refractivity contribution in [1.82, 2.24) is 0 Å². The zero-order chi connectivity index (χ0) is 12.4. The summed E-state index contributed by atoms with van der Waals surface area (Å²) in [5.74, 6) is -0.723. The molecule has 0 fully saturated rings. The van der Waals surface area contributed by atoms with Crippen molar-refractivity contribution in [2.24, 2.45) is 0 Å². The third-order valence-corrected chi connectivity index (χ3v) is 1.66. The molecular formula is C8H6BF6KO. The summed E-state index contributed by atoms with van der Waals surface area (Å²) in [5.41, 5.74) is -1.08. The van der Waals surface area contributed by atoms with E-state index >= 15 is 0 Å². The van der Waals surface area contributed by atoms with Gasteiger partial charge < -0.3 is 17.7 Å². The third kappa shape index (κ3) is 5.65. The fourth-order valence-electron chi connectivity index (χ4n) is 0.981. The van der Waals surface area contributed by atoms with Gasteiger partial charge in [0.1, 0.15) is 5.75 Å². The molecule has 17 heavy (non-hydrogen) atoms. The van der Waals surface area contributed by atoms with Crippen molar-refractivity contribution < 1.29 is 82.2 Å². The van der Waals surface area contributed by atoms with Crippen molar-refractivity contribution >= 4 is 12.4 Å². The number of rotatable bonds is 4. The van der Waals surface area contributed by atoms with Gasteiger partial charge in [0.25, 0.3) is 0 Å². The van der Waals surface area contributed by atoms with E-state index in [2.05, 4.69) is 4.74 Å². The Morgan fingerprint density at radius 3 is 2.24 bits per heavy atom. The summed E-state index contributed by atoms with van der Waals surface area (Å²) in [6.45, 7) is -7.40. The zero-order valence-corrected chi connectivity index (χ0v) is 11.9. The molecule has 0 saturated heterocycles. The van der Waals surface area contributed by atoms with E-state index in [-0.39, 0.29) is 51.4 Å². The minimum Gasteiger partial charge on any atom is -0.445 e. The van der Waals surface area contributed by atoms with Crippen LogP contribution in [0.4, 0.5) is 26.1 Å². The normalized spacial score (nSPS) is 11.9. The molecule has 1 aromatic carbocycles. The van der Waals surface area contributed by atoms with E-state index in [0.29, 0.717) is 6.07 Å². The Hall–Kier alpha value is 0.301. The second kappa shape index (κ2) is 6.46. The van der Waals surface area contributed by atoms with E-state index in [4.69, 9.17) is 0 Å². The fraction of sp³-hybridized carbons (Fsp3) is 0.250. The summed E-state index contributed by atoms with van der Waals surface area (Å²) >= 11 is 0. The van der Waals surface area contributed by atoms with Gasteiger partial charge in [-0.2, -0.15) is 8.78 Å². The SMILES string of the molecule is FCC(F)(F)Oc1cccc([B-](F)(F)F)c1.[K+]. The Labute approximate surface area is 136 Å². The van der Waals surface area contributed by atoms with Crippen molar-refractivity contribution in [1.29, 1.82) is 0 Å². The molecule has 0 unspecified atom stereocenters. The Bertz CT molecular complexity index is 369. The molecule has 1 aromatic rings. The van der Waals surface area contributed by atoms with Crippen LogP contribution in [0.1, 0.15) is 0 Å². The van der Waals surface area contributed by atoms with Crippen LogP contribution >= 0.6 is 0 Å². The predicted octanol–water partition coefficient (Wildman–Crippen LogP) is -0.314. The van der Waals surface area contributed by atoms with Gasteiger partial charge in [-0.25, -0.2) is 4.39 Å². The average molecular weight is 282 g/mol. The van der Waals surface area contributed by atoms with Crippen LogP contribution in [0.2, 0.25) is 0 Å². The van der Waals surface area contributed by atoms with E-state index in [0.717, 1.165) is 18.2 Å². The van der Waals surface area contributed by atoms with Crippen molar-refractivity contribution in [3.8, 4) is 5.75 Å². The van der Waals surface area contributed by atoms with Crippen molar-refractivity contribution in [2.45, 2.75) is 6.11 Å². The number of halogens is 6. The van der Waals surface area contributed by atoms with Gasteiger partial charge in [-0.05, 0) is 12.1 Å². The summed E-state index contributed by atoms with van der Waals surface area (Å²) in [6.07, 6.45) is -4.11. The van der Waals surface area contributed by atoms with Crippen LogP contribution in [0.3, 0.4) is 0 Å². The molecule has 0 bridgehead atoms. The maximum Gasteiger partial charge on any atom is 1.00 e. The summed E-state index contributed by atoms with van der Waals surface area (Å²) in [7, 11) is 0. The summed E-state index contributed by atoms with van der Waals surface area (Å²) in [5, 5.41) is 0. The van der Waals surface area contributed by atoms with E-state index in [1.807, 2.05) is 0 Å². The van der Waals surface area contributed by atoms with Crippen LogP contribution in [0.5, 0.6) is 5.75 Å². The molecule has 0 N–H and O–H groups in total. The first-order valence-corrected chi connectivity index (χ1v) is 4.17. The van der Waals surface area contributed by atoms with Crippen molar-refractivity contribution in [3.05, 3.63) is 24.3 Å². The largest absolute Gasteiger partial charge is 1.00 e. The molecule has 0 spiro atoms. The molecular weight excluding hydrogens is 276 g/mol. The Kier molecular flexibility index (Phi) is 6.58. The molecule has 0 radical (unpaired) electrons. The van der Waals surface area contributed by atoms with Gasteiger partial charge in [0, 0.05) is 0 Å². The number of benzene rings is 1. The maximum atomic E-state index is 12.4. The minimum absolute atomic E-state index is 0. The van der Waals surface area contributed by atoms with Gasteiger partial charge >= 0.3 is 64.5 Å². The van der Waals surface area contributed by atoms with Gasteiger partial charge in [-0.1, -0.05) is 12.1 Å². The fourth-order valence-corrected chi connectivity index (χ4v) is 0.981. The standard InChI is InChI=1S/C8H6BF6O.K/c10-5-8(11,12)16-7-3-1-2-6(4-7)9(13,14)15;/h1-4H,5H2;/q-1;+1. The molecule has 1 nitrogen and oxygen atoms in total. The number of hydrogen-bond donors (Lipinski definition) is 0. The Morgan fingerprint density at radius 1 is 1.18 bits per heavy atom. The summed E-state index contributed by atoms with van der Waals surface area (Å²) in [4.78, 5) is 0. The van der Waals surface area contributed by atoms with E-state index < -0.39 is 31.0 Å². The van der Waals surface area contributed by atoms with Gasteiger partial charge in [0.05, 0.1) is 0 Å². The molecule has 0 aliphatic rings. The number of hydrogen-bond acceptors (Lipinski definition) is 1. The Balaban J connectivity index is 0.00000256. The monoisotopic (exact) mass is 282 g/mol. The molecule has 1 rings (SSSR count). The minimum atomic E-state index is -5.30. The van der Waals surface area contributed by atoms with Crippen LogP contribution in [0, 0.1) is 0 Å². The first kappa shape index (κ1) is 17.3. The van der Waals surface area contributed by atoms with Gasteiger partial charge in [0.15, 0.2) is 6.67 Å². The topological polar surface area (TPSA) is 9.23 Å². The van der Waals surface area contributed by atoms with E-state index in [1.165, 1.54) is 0 Å².